The van der Waals surface area contributed by atoms with Crippen LogP contribution in [0.15, 0.2) is 22.5 Å². The molecule has 0 aromatic carbocycles. The van der Waals surface area contributed by atoms with Crippen LogP contribution in [0, 0.1) is 5.92 Å². The molecule has 0 amide bonds. The van der Waals surface area contributed by atoms with Crippen LogP contribution in [-0.4, -0.2) is 71.0 Å². The average molecular weight is 539 g/mol. The van der Waals surface area contributed by atoms with Crippen LogP contribution in [0.4, 0.5) is 0 Å². The van der Waals surface area contributed by atoms with E-state index in [-0.39, 0.29) is 24.0 Å². The van der Waals surface area contributed by atoms with Crippen LogP contribution < -0.4 is 10.6 Å². The Morgan fingerprint density at radius 1 is 1.28 bits per heavy atom. The van der Waals surface area contributed by atoms with Gasteiger partial charge in [-0.2, -0.15) is 0 Å². The van der Waals surface area contributed by atoms with Crippen molar-refractivity contribution in [1.29, 1.82) is 0 Å². The molecular weight excluding hydrogens is 499 g/mol. The molecule has 2 heterocycles. The van der Waals surface area contributed by atoms with E-state index in [1.807, 2.05) is 11.3 Å². The fourth-order valence-corrected chi connectivity index (χ4v) is 4.67. The first-order valence-electron chi connectivity index (χ1n) is 10.6. The van der Waals surface area contributed by atoms with Crippen molar-refractivity contribution in [1.82, 2.24) is 15.5 Å². The molecule has 29 heavy (non-hydrogen) atoms. The van der Waals surface area contributed by atoms with E-state index in [2.05, 4.69) is 47.0 Å². The van der Waals surface area contributed by atoms with Crippen LogP contribution in [0.3, 0.4) is 0 Å². The van der Waals surface area contributed by atoms with Crippen LogP contribution >= 0.6 is 35.3 Å². The first-order valence-corrected chi connectivity index (χ1v) is 11.5. The summed E-state index contributed by atoms with van der Waals surface area (Å²) < 4.78 is 10.5. The first-order chi connectivity index (χ1) is 13.8. The Morgan fingerprint density at radius 3 is 2.86 bits per heavy atom. The molecule has 2 unspecified atom stereocenters. The van der Waals surface area contributed by atoms with Crippen molar-refractivity contribution >= 4 is 41.3 Å². The van der Waals surface area contributed by atoms with Crippen molar-refractivity contribution in [2.75, 3.05) is 60.2 Å². The van der Waals surface area contributed by atoms with Crippen molar-refractivity contribution in [3.63, 3.8) is 0 Å². The number of methoxy groups -OCH3 is 1. The highest BCUT2D eigenvalue weighted by Crippen LogP contribution is 2.37. The first kappa shape index (κ1) is 26.6. The molecule has 0 radical (unpaired) electrons. The van der Waals surface area contributed by atoms with Crippen LogP contribution in [0.2, 0.25) is 0 Å². The van der Waals surface area contributed by atoms with Crippen molar-refractivity contribution in [3.05, 3.63) is 22.4 Å². The number of nitrogens with one attached hydrogen (secondary N) is 2. The van der Waals surface area contributed by atoms with Gasteiger partial charge in [-0.05, 0) is 63.6 Å². The molecule has 1 saturated heterocycles. The van der Waals surface area contributed by atoms with Gasteiger partial charge in [0.1, 0.15) is 0 Å². The molecule has 1 aliphatic heterocycles. The van der Waals surface area contributed by atoms with Crippen molar-refractivity contribution in [3.8, 4) is 0 Å². The second kappa shape index (κ2) is 16.3. The lowest BCUT2D eigenvalue weighted by Crippen LogP contribution is -2.40. The molecule has 8 heteroatoms. The molecule has 0 saturated carbocycles. The monoisotopic (exact) mass is 538 g/mol. The Balaban J connectivity index is 0.00000420. The summed E-state index contributed by atoms with van der Waals surface area (Å²) in [7, 11) is 3.95. The van der Waals surface area contributed by atoms with E-state index in [0.29, 0.717) is 25.2 Å². The van der Waals surface area contributed by atoms with Gasteiger partial charge in [0.05, 0.1) is 13.2 Å². The number of unbranched alkanes of at least 4 members (excludes halogenated alkanes) is 1. The standard InChI is InChI=1S/C21H38N4O2S.HI/c1-4-22-21(23-11-5-6-13-27-15-14-26-3)24-17-18-9-7-12-25(2)20(18)19-10-8-16-28-19;/h8,10,16,18,20H,4-7,9,11-15,17H2,1-3H3,(H2,22,23,24);1H. The zero-order valence-electron chi connectivity index (χ0n) is 18.2. The summed E-state index contributed by atoms with van der Waals surface area (Å²) in [6.07, 6.45) is 4.62. The third kappa shape index (κ3) is 9.95. The summed E-state index contributed by atoms with van der Waals surface area (Å²) in [5, 5.41) is 9.04. The van der Waals surface area contributed by atoms with Gasteiger partial charge >= 0.3 is 0 Å². The molecule has 0 bridgehead atoms. The van der Waals surface area contributed by atoms with Gasteiger partial charge in [0.25, 0.3) is 0 Å². The number of rotatable bonds is 12. The Kier molecular flexibility index (Phi) is 15.0. The van der Waals surface area contributed by atoms with Crippen LogP contribution in [0.25, 0.3) is 0 Å². The molecule has 2 N–H and O–H groups in total. The fraction of sp³-hybridized carbons (Fsp3) is 0.762. The molecule has 2 atom stereocenters. The Bertz CT molecular complexity index is 545. The van der Waals surface area contributed by atoms with Crippen LogP contribution in [0.1, 0.15) is 43.5 Å². The zero-order valence-corrected chi connectivity index (χ0v) is 21.3. The predicted octanol–water partition coefficient (Wildman–Crippen LogP) is 3.75. The van der Waals surface area contributed by atoms with E-state index in [0.717, 1.165) is 45.0 Å². The second-order valence-electron chi connectivity index (χ2n) is 7.30. The minimum absolute atomic E-state index is 0. The molecule has 6 nitrogen and oxygen atoms in total. The van der Waals surface area contributed by atoms with E-state index in [1.165, 1.54) is 24.3 Å². The fourth-order valence-electron chi connectivity index (χ4n) is 3.69. The number of halogens is 1. The Labute approximate surface area is 197 Å². The van der Waals surface area contributed by atoms with Gasteiger partial charge in [-0.15, -0.1) is 35.3 Å². The molecular formula is C21H39IN4O2S. The molecule has 168 valence electrons. The van der Waals surface area contributed by atoms with Gasteiger partial charge in [-0.25, -0.2) is 0 Å². The zero-order chi connectivity index (χ0) is 20.0. The highest BCUT2D eigenvalue weighted by atomic mass is 127. The smallest absolute Gasteiger partial charge is 0.191 e. The largest absolute Gasteiger partial charge is 0.382 e. The number of guanidine groups is 1. The summed E-state index contributed by atoms with van der Waals surface area (Å²) in [6.45, 7) is 8.08. The summed E-state index contributed by atoms with van der Waals surface area (Å²) in [6, 6.07) is 4.92. The quantitative estimate of drug-likeness (QED) is 0.184. The number of likely N-dealkylation sites (tertiary alicyclic amines) is 1. The molecule has 0 spiro atoms. The van der Waals surface area contributed by atoms with Crippen LogP contribution in [0.5, 0.6) is 0 Å². The Morgan fingerprint density at radius 2 is 2.14 bits per heavy atom. The van der Waals surface area contributed by atoms with E-state index in [4.69, 9.17) is 14.5 Å². The summed E-state index contributed by atoms with van der Waals surface area (Å²) >= 11 is 1.87. The number of hydrogen-bond acceptors (Lipinski definition) is 5. The molecule has 2 rings (SSSR count). The maximum absolute atomic E-state index is 5.51. The predicted molar refractivity (Wildman–Crippen MR) is 134 cm³/mol. The summed E-state index contributed by atoms with van der Waals surface area (Å²) in [5.74, 6) is 1.50. The Hall–Kier alpha value is -0.420. The summed E-state index contributed by atoms with van der Waals surface area (Å²) in [4.78, 5) is 8.88. The van der Waals surface area contributed by atoms with E-state index < -0.39 is 0 Å². The maximum atomic E-state index is 5.51. The number of hydrogen-bond donors (Lipinski definition) is 2. The van der Waals surface area contributed by atoms with Gasteiger partial charge in [-0.3, -0.25) is 9.89 Å². The minimum atomic E-state index is 0. The highest BCUT2D eigenvalue weighted by Gasteiger charge is 2.31. The van der Waals surface area contributed by atoms with Gasteiger partial charge in [0.2, 0.25) is 0 Å². The highest BCUT2D eigenvalue weighted by molar-refractivity contribution is 14.0. The molecule has 1 fully saturated rings. The topological polar surface area (TPSA) is 58.1 Å². The van der Waals surface area contributed by atoms with E-state index in [1.54, 1.807) is 7.11 Å². The van der Waals surface area contributed by atoms with Gasteiger partial charge in [-0.1, -0.05) is 6.07 Å². The molecule has 1 aromatic heterocycles. The lowest BCUT2D eigenvalue weighted by atomic mass is 9.88. The number of ether oxygens (including phenoxy) is 2. The normalized spacial score (nSPS) is 20.3. The number of aliphatic imine (C=N–C) groups is 1. The number of nitrogens with zero attached hydrogens (tertiary/aromatic N) is 2. The second-order valence-corrected chi connectivity index (χ2v) is 8.28. The molecule has 0 aliphatic carbocycles. The van der Waals surface area contributed by atoms with E-state index in [9.17, 15) is 0 Å². The third-order valence-corrected chi connectivity index (χ3v) is 6.05. The lowest BCUT2D eigenvalue weighted by molar-refractivity contribution is 0.0689. The van der Waals surface area contributed by atoms with Gasteiger partial charge in [0.15, 0.2) is 5.96 Å². The molecule has 1 aliphatic rings. The minimum Gasteiger partial charge on any atom is -0.382 e. The van der Waals surface area contributed by atoms with Crippen molar-refractivity contribution in [2.24, 2.45) is 10.9 Å². The number of piperidine rings is 1. The van der Waals surface area contributed by atoms with Crippen molar-refractivity contribution < 1.29 is 9.47 Å². The third-order valence-electron chi connectivity index (χ3n) is 5.11. The van der Waals surface area contributed by atoms with Gasteiger partial charge < -0.3 is 20.1 Å². The summed E-state index contributed by atoms with van der Waals surface area (Å²) in [5.41, 5.74) is 0. The van der Waals surface area contributed by atoms with Crippen LogP contribution in [-0.2, 0) is 9.47 Å². The SMILES string of the molecule is CCNC(=NCC1CCCN(C)C1c1cccs1)NCCCCOCCOC.I. The number of thiophene rings is 1. The average Bonchev–Trinajstić information content (AvgIpc) is 3.22. The van der Waals surface area contributed by atoms with Gasteiger partial charge in [0, 0.05) is 44.3 Å². The lowest BCUT2D eigenvalue weighted by Gasteiger charge is -2.38. The maximum Gasteiger partial charge on any atom is 0.191 e. The molecule has 1 aromatic rings. The van der Waals surface area contributed by atoms with Crippen molar-refractivity contribution in [2.45, 2.75) is 38.6 Å². The van der Waals surface area contributed by atoms with E-state index >= 15 is 0 Å².